The van der Waals surface area contributed by atoms with E-state index in [2.05, 4.69) is 20.4 Å². The van der Waals surface area contributed by atoms with Crippen molar-refractivity contribution in [3.8, 4) is 0 Å². The van der Waals surface area contributed by atoms with E-state index in [1.165, 1.54) is 0 Å². The summed E-state index contributed by atoms with van der Waals surface area (Å²) >= 11 is 0. The molecule has 0 saturated carbocycles. The Morgan fingerprint density at radius 2 is 2.11 bits per heavy atom. The number of pyridine rings is 1. The number of nitrogens with one attached hydrogen (secondary N) is 2. The molecular weight excluding hydrogens is 234 g/mol. The van der Waals surface area contributed by atoms with E-state index in [1.807, 2.05) is 25.1 Å². The summed E-state index contributed by atoms with van der Waals surface area (Å²) in [7, 11) is 0. The van der Waals surface area contributed by atoms with Gasteiger partial charge >= 0.3 is 12.0 Å². The number of hydrogen-bond donors (Lipinski definition) is 2. The molecule has 1 aromatic heterocycles. The van der Waals surface area contributed by atoms with E-state index in [4.69, 9.17) is 0 Å². The molecule has 6 nitrogen and oxygen atoms in total. The van der Waals surface area contributed by atoms with Gasteiger partial charge in [-0.3, -0.25) is 9.78 Å². The summed E-state index contributed by atoms with van der Waals surface area (Å²) < 4.78 is 4.68. The van der Waals surface area contributed by atoms with E-state index < -0.39 is 12.0 Å². The third-order valence-electron chi connectivity index (χ3n) is 2.07. The standard InChI is InChI=1S/C12H17N3O3/c1-3-18-11(16)8-14-12(17)13-7-10-6-4-5-9(2)15-10/h4-6H,3,7-8H2,1-2H3,(H2,13,14,17). The smallest absolute Gasteiger partial charge is 0.325 e. The number of aromatic nitrogens is 1. The molecule has 0 aromatic carbocycles. The zero-order valence-corrected chi connectivity index (χ0v) is 10.5. The summed E-state index contributed by atoms with van der Waals surface area (Å²) in [6.45, 7) is 4.07. The van der Waals surface area contributed by atoms with Gasteiger partial charge in [0.1, 0.15) is 6.54 Å². The van der Waals surface area contributed by atoms with Crippen molar-refractivity contribution in [2.45, 2.75) is 20.4 Å². The van der Waals surface area contributed by atoms with Gasteiger partial charge in [0.2, 0.25) is 0 Å². The summed E-state index contributed by atoms with van der Waals surface area (Å²) in [4.78, 5) is 26.6. The molecule has 0 spiro atoms. The van der Waals surface area contributed by atoms with Crippen molar-refractivity contribution in [1.82, 2.24) is 15.6 Å². The molecular formula is C12H17N3O3. The Bertz CT molecular complexity index is 421. The highest BCUT2D eigenvalue weighted by atomic mass is 16.5. The van der Waals surface area contributed by atoms with Crippen LogP contribution in [0.1, 0.15) is 18.3 Å². The second-order valence-corrected chi connectivity index (χ2v) is 3.61. The minimum Gasteiger partial charge on any atom is -0.465 e. The fourth-order valence-corrected chi connectivity index (χ4v) is 1.30. The maximum atomic E-state index is 11.4. The lowest BCUT2D eigenvalue weighted by Gasteiger charge is -2.07. The maximum Gasteiger partial charge on any atom is 0.325 e. The minimum atomic E-state index is -0.457. The fraction of sp³-hybridized carbons (Fsp3) is 0.417. The Balaban J connectivity index is 2.27. The number of urea groups is 1. The number of rotatable bonds is 5. The van der Waals surface area contributed by atoms with Gasteiger partial charge in [0.05, 0.1) is 18.8 Å². The van der Waals surface area contributed by atoms with Gasteiger partial charge in [-0.25, -0.2) is 4.79 Å². The van der Waals surface area contributed by atoms with Crippen molar-refractivity contribution in [2.75, 3.05) is 13.2 Å². The molecule has 2 amide bonds. The number of aryl methyl sites for hydroxylation is 1. The monoisotopic (exact) mass is 251 g/mol. The molecule has 0 saturated heterocycles. The Kier molecular flexibility index (Phi) is 5.63. The molecule has 6 heteroatoms. The topological polar surface area (TPSA) is 80.3 Å². The molecule has 2 N–H and O–H groups in total. The number of ether oxygens (including phenoxy) is 1. The summed E-state index contributed by atoms with van der Waals surface area (Å²) in [6, 6.07) is 5.14. The summed E-state index contributed by atoms with van der Waals surface area (Å²) in [5, 5.41) is 5.00. The molecule has 1 heterocycles. The number of carbonyl (C=O) groups excluding carboxylic acids is 2. The van der Waals surface area contributed by atoms with Crippen LogP contribution in [0.3, 0.4) is 0 Å². The van der Waals surface area contributed by atoms with Gasteiger partial charge < -0.3 is 15.4 Å². The molecule has 18 heavy (non-hydrogen) atoms. The fourth-order valence-electron chi connectivity index (χ4n) is 1.30. The third kappa shape index (κ3) is 5.29. The van der Waals surface area contributed by atoms with Crippen LogP contribution in [-0.2, 0) is 16.1 Å². The van der Waals surface area contributed by atoms with Gasteiger partial charge in [-0.2, -0.15) is 0 Å². The lowest BCUT2D eigenvalue weighted by molar-refractivity contribution is -0.141. The van der Waals surface area contributed by atoms with Gasteiger partial charge in [0, 0.05) is 5.69 Å². The van der Waals surface area contributed by atoms with Crippen LogP contribution in [0, 0.1) is 6.92 Å². The lowest BCUT2D eigenvalue weighted by atomic mass is 10.3. The number of hydrogen-bond acceptors (Lipinski definition) is 4. The van der Waals surface area contributed by atoms with Gasteiger partial charge in [-0.15, -0.1) is 0 Å². The molecule has 98 valence electrons. The van der Waals surface area contributed by atoms with Crippen LogP contribution < -0.4 is 10.6 Å². The van der Waals surface area contributed by atoms with E-state index in [1.54, 1.807) is 6.92 Å². The zero-order valence-electron chi connectivity index (χ0n) is 10.5. The maximum absolute atomic E-state index is 11.4. The highest BCUT2D eigenvalue weighted by molar-refractivity contribution is 5.80. The first-order valence-electron chi connectivity index (χ1n) is 5.71. The second-order valence-electron chi connectivity index (χ2n) is 3.61. The average Bonchev–Trinajstić information content (AvgIpc) is 2.34. The molecule has 0 aliphatic heterocycles. The Labute approximate surface area is 106 Å². The van der Waals surface area contributed by atoms with Crippen molar-refractivity contribution < 1.29 is 14.3 Å². The molecule has 0 radical (unpaired) electrons. The van der Waals surface area contributed by atoms with Crippen molar-refractivity contribution in [1.29, 1.82) is 0 Å². The molecule has 0 aliphatic carbocycles. The number of esters is 1. The SMILES string of the molecule is CCOC(=O)CNC(=O)NCc1cccc(C)n1. The van der Waals surface area contributed by atoms with E-state index in [0.717, 1.165) is 11.4 Å². The normalized spacial score (nSPS) is 9.67. The predicted molar refractivity (Wildman–Crippen MR) is 65.8 cm³/mol. The zero-order chi connectivity index (χ0) is 13.4. The van der Waals surface area contributed by atoms with Gasteiger partial charge in [0.15, 0.2) is 0 Å². The van der Waals surface area contributed by atoms with Gasteiger partial charge in [-0.1, -0.05) is 6.07 Å². The van der Waals surface area contributed by atoms with Crippen molar-refractivity contribution in [3.05, 3.63) is 29.6 Å². The summed E-state index contributed by atoms with van der Waals surface area (Å²) in [5.74, 6) is -0.457. The van der Waals surface area contributed by atoms with E-state index >= 15 is 0 Å². The molecule has 0 fully saturated rings. The van der Waals surface area contributed by atoms with Crippen LogP contribution >= 0.6 is 0 Å². The number of amides is 2. The Morgan fingerprint density at radius 3 is 2.78 bits per heavy atom. The number of carbonyl (C=O) groups is 2. The Hall–Kier alpha value is -2.11. The van der Waals surface area contributed by atoms with Gasteiger partial charge in [0.25, 0.3) is 0 Å². The van der Waals surface area contributed by atoms with Crippen LogP contribution in [0.15, 0.2) is 18.2 Å². The molecule has 0 atom stereocenters. The first kappa shape index (κ1) is 14.0. The molecule has 1 aromatic rings. The molecule has 0 unspecified atom stereocenters. The highest BCUT2D eigenvalue weighted by Gasteiger charge is 2.05. The highest BCUT2D eigenvalue weighted by Crippen LogP contribution is 1.96. The van der Waals surface area contributed by atoms with E-state index in [0.29, 0.717) is 13.2 Å². The molecule has 0 aliphatic rings. The quantitative estimate of drug-likeness (QED) is 0.757. The van der Waals surface area contributed by atoms with Crippen molar-refractivity contribution >= 4 is 12.0 Å². The second kappa shape index (κ2) is 7.26. The first-order chi connectivity index (χ1) is 8.61. The van der Waals surface area contributed by atoms with Crippen LogP contribution in [0.4, 0.5) is 4.79 Å². The van der Waals surface area contributed by atoms with Crippen LogP contribution in [0.2, 0.25) is 0 Å². The van der Waals surface area contributed by atoms with Crippen LogP contribution in [-0.4, -0.2) is 30.1 Å². The first-order valence-corrected chi connectivity index (χ1v) is 5.71. The summed E-state index contributed by atoms with van der Waals surface area (Å²) in [5.41, 5.74) is 1.66. The van der Waals surface area contributed by atoms with E-state index in [-0.39, 0.29) is 6.54 Å². The predicted octanol–water partition coefficient (Wildman–Crippen LogP) is 0.752. The van der Waals surface area contributed by atoms with Crippen molar-refractivity contribution in [2.24, 2.45) is 0 Å². The Morgan fingerprint density at radius 1 is 1.33 bits per heavy atom. The van der Waals surface area contributed by atoms with Crippen molar-refractivity contribution in [3.63, 3.8) is 0 Å². The molecule has 1 rings (SSSR count). The molecule has 0 bridgehead atoms. The number of nitrogens with zero attached hydrogens (tertiary/aromatic N) is 1. The average molecular weight is 251 g/mol. The van der Waals surface area contributed by atoms with Gasteiger partial charge in [-0.05, 0) is 26.0 Å². The summed E-state index contributed by atoms with van der Waals surface area (Å²) in [6.07, 6.45) is 0. The van der Waals surface area contributed by atoms with E-state index in [9.17, 15) is 9.59 Å². The minimum absolute atomic E-state index is 0.138. The van der Waals surface area contributed by atoms with Crippen LogP contribution in [0.25, 0.3) is 0 Å². The lowest BCUT2D eigenvalue weighted by Crippen LogP contribution is -2.38. The van der Waals surface area contributed by atoms with Crippen LogP contribution in [0.5, 0.6) is 0 Å². The largest absolute Gasteiger partial charge is 0.465 e. The third-order valence-corrected chi connectivity index (χ3v) is 2.07.